The maximum atomic E-state index is 11.5. The zero-order valence-corrected chi connectivity index (χ0v) is 9.69. The fourth-order valence-corrected chi connectivity index (χ4v) is 1.83. The lowest BCUT2D eigenvalue weighted by Crippen LogP contribution is -2.06. The Morgan fingerprint density at radius 2 is 1.94 bits per heavy atom. The average Bonchev–Trinajstić information content (AvgIpc) is 2.57. The van der Waals surface area contributed by atoms with Gasteiger partial charge in [0.1, 0.15) is 0 Å². The van der Waals surface area contributed by atoms with Crippen LogP contribution in [0.3, 0.4) is 0 Å². The SMILES string of the molecule is CC(=O)c1ccccc1-n1nc(C)cc1C. The molecule has 0 fully saturated rings. The van der Waals surface area contributed by atoms with Crippen molar-refractivity contribution >= 4 is 5.78 Å². The molecule has 0 saturated heterocycles. The summed E-state index contributed by atoms with van der Waals surface area (Å²) in [6.07, 6.45) is 0. The predicted octanol–water partition coefficient (Wildman–Crippen LogP) is 2.69. The van der Waals surface area contributed by atoms with Gasteiger partial charge >= 0.3 is 0 Å². The van der Waals surface area contributed by atoms with E-state index in [1.165, 1.54) is 0 Å². The van der Waals surface area contributed by atoms with Gasteiger partial charge in [-0.1, -0.05) is 12.1 Å². The van der Waals surface area contributed by atoms with E-state index in [-0.39, 0.29) is 5.78 Å². The Morgan fingerprint density at radius 3 is 2.50 bits per heavy atom. The van der Waals surface area contributed by atoms with E-state index in [0.29, 0.717) is 5.56 Å². The summed E-state index contributed by atoms with van der Waals surface area (Å²) < 4.78 is 1.81. The van der Waals surface area contributed by atoms with Crippen LogP contribution in [0.25, 0.3) is 5.69 Å². The Balaban J connectivity index is 2.64. The maximum absolute atomic E-state index is 11.5. The monoisotopic (exact) mass is 214 g/mol. The van der Waals surface area contributed by atoms with Gasteiger partial charge in [0.25, 0.3) is 0 Å². The Labute approximate surface area is 94.7 Å². The van der Waals surface area contributed by atoms with Crippen LogP contribution in [0.15, 0.2) is 30.3 Å². The molecule has 0 unspecified atom stereocenters. The van der Waals surface area contributed by atoms with Gasteiger partial charge in [-0.15, -0.1) is 0 Å². The van der Waals surface area contributed by atoms with E-state index < -0.39 is 0 Å². The average molecular weight is 214 g/mol. The summed E-state index contributed by atoms with van der Waals surface area (Å²) >= 11 is 0. The van der Waals surface area contributed by atoms with Gasteiger partial charge < -0.3 is 0 Å². The zero-order valence-electron chi connectivity index (χ0n) is 9.69. The number of benzene rings is 1. The molecule has 1 heterocycles. The number of carbonyl (C=O) groups is 1. The lowest BCUT2D eigenvalue weighted by Gasteiger charge is -2.08. The van der Waals surface area contributed by atoms with Crippen molar-refractivity contribution in [2.24, 2.45) is 0 Å². The van der Waals surface area contributed by atoms with Crippen molar-refractivity contribution in [3.05, 3.63) is 47.3 Å². The Morgan fingerprint density at radius 1 is 1.25 bits per heavy atom. The van der Waals surface area contributed by atoms with Crippen molar-refractivity contribution < 1.29 is 4.79 Å². The van der Waals surface area contributed by atoms with E-state index in [0.717, 1.165) is 17.1 Å². The molecule has 3 heteroatoms. The number of carbonyl (C=O) groups excluding carboxylic acids is 1. The first-order valence-electron chi connectivity index (χ1n) is 5.23. The highest BCUT2D eigenvalue weighted by Crippen LogP contribution is 2.17. The molecule has 3 nitrogen and oxygen atoms in total. The lowest BCUT2D eigenvalue weighted by atomic mass is 10.1. The number of hydrogen-bond acceptors (Lipinski definition) is 2. The highest BCUT2D eigenvalue weighted by atomic mass is 16.1. The predicted molar refractivity (Wildman–Crippen MR) is 63.0 cm³/mol. The Kier molecular flexibility index (Phi) is 2.60. The standard InChI is InChI=1S/C13H14N2O/c1-9-8-10(2)15(14-9)13-7-5-4-6-12(13)11(3)16/h4-8H,1-3H3. The van der Waals surface area contributed by atoms with E-state index in [1.54, 1.807) is 6.92 Å². The number of hydrogen-bond donors (Lipinski definition) is 0. The molecule has 0 bridgehead atoms. The van der Waals surface area contributed by atoms with E-state index in [4.69, 9.17) is 0 Å². The molecule has 0 saturated carbocycles. The molecule has 0 radical (unpaired) electrons. The number of rotatable bonds is 2. The van der Waals surface area contributed by atoms with Crippen molar-refractivity contribution in [3.8, 4) is 5.69 Å². The Bertz CT molecular complexity index is 541. The third kappa shape index (κ3) is 1.76. The quantitative estimate of drug-likeness (QED) is 0.720. The minimum absolute atomic E-state index is 0.0585. The van der Waals surface area contributed by atoms with Crippen LogP contribution >= 0.6 is 0 Å². The van der Waals surface area contributed by atoms with E-state index in [2.05, 4.69) is 5.10 Å². The van der Waals surface area contributed by atoms with Gasteiger partial charge in [-0.3, -0.25) is 4.79 Å². The second-order valence-corrected chi connectivity index (χ2v) is 3.91. The summed E-state index contributed by atoms with van der Waals surface area (Å²) in [6.45, 7) is 5.50. The summed E-state index contributed by atoms with van der Waals surface area (Å²) in [5.74, 6) is 0.0585. The summed E-state index contributed by atoms with van der Waals surface area (Å²) in [6, 6.07) is 9.52. The van der Waals surface area contributed by atoms with Gasteiger partial charge in [0.15, 0.2) is 5.78 Å². The minimum atomic E-state index is 0.0585. The van der Waals surface area contributed by atoms with Crippen molar-refractivity contribution in [3.63, 3.8) is 0 Å². The topological polar surface area (TPSA) is 34.9 Å². The van der Waals surface area contributed by atoms with E-state index >= 15 is 0 Å². The molecule has 2 aromatic rings. The van der Waals surface area contributed by atoms with E-state index in [1.807, 2.05) is 48.9 Å². The third-order valence-corrected chi connectivity index (χ3v) is 2.52. The summed E-state index contributed by atoms with van der Waals surface area (Å²) in [5, 5.41) is 4.39. The maximum Gasteiger partial charge on any atom is 0.161 e. The zero-order chi connectivity index (χ0) is 11.7. The van der Waals surface area contributed by atoms with Crippen molar-refractivity contribution in [2.75, 3.05) is 0 Å². The van der Waals surface area contributed by atoms with Crippen LogP contribution in [-0.4, -0.2) is 15.6 Å². The van der Waals surface area contributed by atoms with Crippen LogP contribution in [-0.2, 0) is 0 Å². The van der Waals surface area contributed by atoms with Gasteiger partial charge in [-0.2, -0.15) is 5.10 Å². The number of aryl methyl sites for hydroxylation is 2. The molecule has 16 heavy (non-hydrogen) atoms. The number of para-hydroxylation sites is 1. The van der Waals surface area contributed by atoms with Gasteiger partial charge in [0, 0.05) is 11.3 Å². The fourth-order valence-electron chi connectivity index (χ4n) is 1.83. The second kappa shape index (κ2) is 3.93. The molecule has 0 N–H and O–H groups in total. The highest BCUT2D eigenvalue weighted by molar-refractivity contribution is 5.97. The van der Waals surface area contributed by atoms with Crippen LogP contribution in [0.4, 0.5) is 0 Å². The summed E-state index contributed by atoms with van der Waals surface area (Å²) in [5.41, 5.74) is 3.54. The number of aromatic nitrogens is 2. The van der Waals surface area contributed by atoms with Crippen LogP contribution in [0.1, 0.15) is 28.7 Å². The van der Waals surface area contributed by atoms with Gasteiger partial charge in [0.05, 0.1) is 11.4 Å². The summed E-state index contributed by atoms with van der Waals surface area (Å²) in [4.78, 5) is 11.5. The van der Waals surface area contributed by atoms with Crippen molar-refractivity contribution in [1.29, 1.82) is 0 Å². The van der Waals surface area contributed by atoms with Crippen molar-refractivity contribution in [2.45, 2.75) is 20.8 Å². The molecule has 82 valence electrons. The molecule has 0 amide bonds. The molecular weight excluding hydrogens is 200 g/mol. The molecule has 0 aliphatic carbocycles. The Hall–Kier alpha value is -1.90. The molecule has 1 aromatic heterocycles. The lowest BCUT2D eigenvalue weighted by molar-refractivity contribution is 0.101. The normalized spacial score (nSPS) is 10.4. The first kappa shape index (κ1) is 10.6. The first-order valence-corrected chi connectivity index (χ1v) is 5.23. The molecule has 1 aromatic carbocycles. The van der Waals surface area contributed by atoms with Crippen molar-refractivity contribution in [1.82, 2.24) is 9.78 Å². The van der Waals surface area contributed by atoms with Crippen LogP contribution in [0, 0.1) is 13.8 Å². The van der Waals surface area contributed by atoms with Crippen LogP contribution in [0.2, 0.25) is 0 Å². The third-order valence-electron chi connectivity index (χ3n) is 2.52. The molecular formula is C13H14N2O. The molecule has 0 atom stereocenters. The largest absolute Gasteiger partial charge is 0.294 e. The fraction of sp³-hybridized carbons (Fsp3) is 0.231. The smallest absolute Gasteiger partial charge is 0.161 e. The highest BCUT2D eigenvalue weighted by Gasteiger charge is 2.10. The minimum Gasteiger partial charge on any atom is -0.294 e. The van der Waals surface area contributed by atoms with Gasteiger partial charge in [-0.05, 0) is 39.0 Å². The number of ketones is 1. The number of nitrogens with zero attached hydrogens (tertiary/aromatic N) is 2. The summed E-state index contributed by atoms with van der Waals surface area (Å²) in [7, 11) is 0. The van der Waals surface area contributed by atoms with Crippen LogP contribution < -0.4 is 0 Å². The molecule has 0 aliphatic heterocycles. The van der Waals surface area contributed by atoms with Crippen LogP contribution in [0.5, 0.6) is 0 Å². The van der Waals surface area contributed by atoms with Gasteiger partial charge in [0.2, 0.25) is 0 Å². The van der Waals surface area contributed by atoms with E-state index in [9.17, 15) is 4.79 Å². The molecule has 0 aliphatic rings. The molecule has 0 spiro atoms. The first-order chi connectivity index (χ1) is 7.59. The number of Topliss-reactive ketones (excluding diaryl/α,β-unsaturated/α-hetero) is 1. The molecule has 2 rings (SSSR count). The second-order valence-electron chi connectivity index (χ2n) is 3.91. The van der Waals surface area contributed by atoms with Gasteiger partial charge in [-0.25, -0.2) is 4.68 Å².